The van der Waals surface area contributed by atoms with Crippen LogP contribution in [0.15, 0.2) is 24.3 Å². The predicted octanol–water partition coefficient (Wildman–Crippen LogP) is 3.44. The van der Waals surface area contributed by atoms with E-state index in [-0.39, 0.29) is 11.7 Å². The number of amides is 1. The summed E-state index contributed by atoms with van der Waals surface area (Å²) in [4.78, 5) is 17.1. The Kier molecular flexibility index (Phi) is 5.65. The van der Waals surface area contributed by atoms with Crippen molar-refractivity contribution >= 4 is 5.91 Å². The van der Waals surface area contributed by atoms with Gasteiger partial charge < -0.3 is 4.90 Å². The number of carbonyl (C=O) groups excluding carboxylic acids is 1. The highest BCUT2D eigenvalue weighted by Gasteiger charge is 2.27. The topological polar surface area (TPSA) is 23.6 Å². The predicted molar refractivity (Wildman–Crippen MR) is 89.4 cm³/mol. The second-order valence-corrected chi connectivity index (χ2v) is 6.92. The van der Waals surface area contributed by atoms with Gasteiger partial charge in [-0.05, 0) is 37.0 Å². The molecule has 3 rings (SSSR count). The molecule has 0 bridgehead atoms. The molecule has 0 radical (unpaired) electrons. The molecule has 0 atom stereocenters. The molecule has 0 aromatic heterocycles. The quantitative estimate of drug-likeness (QED) is 0.852. The van der Waals surface area contributed by atoms with Gasteiger partial charge in [0.25, 0.3) is 0 Å². The first kappa shape index (κ1) is 16.4. The van der Waals surface area contributed by atoms with Crippen molar-refractivity contribution in [3.8, 4) is 0 Å². The molecule has 1 amide bonds. The largest absolute Gasteiger partial charge is 0.341 e. The van der Waals surface area contributed by atoms with Crippen LogP contribution >= 0.6 is 0 Å². The number of rotatable bonds is 3. The Labute approximate surface area is 138 Å². The molecule has 0 unspecified atom stereocenters. The van der Waals surface area contributed by atoms with Gasteiger partial charge in [0.1, 0.15) is 5.82 Å². The van der Waals surface area contributed by atoms with Gasteiger partial charge >= 0.3 is 0 Å². The zero-order valence-corrected chi connectivity index (χ0v) is 13.8. The van der Waals surface area contributed by atoms with Crippen molar-refractivity contribution in [1.82, 2.24) is 9.80 Å². The molecular weight excluding hydrogens is 291 g/mol. The van der Waals surface area contributed by atoms with E-state index in [0.717, 1.165) is 57.5 Å². The second kappa shape index (κ2) is 7.91. The van der Waals surface area contributed by atoms with Gasteiger partial charge in [0.2, 0.25) is 5.91 Å². The number of hydrogen-bond acceptors (Lipinski definition) is 2. The van der Waals surface area contributed by atoms with Crippen LogP contribution in [0.4, 0.5) is 4.39 Å². The maximum Gasteiger partial charge on any atom is 0.225 e. The van der Waals surface area contributed by atoms with E-state index in [4.69, 9.17) is 0 Å². The van der Waals surface area contributed by atoms with Gasteiger partial charge in [-0.1, -0.05) is 31.4 Å². The van der Waals surface area contributed by atoms with Crippen LogP contribution in [0.2, 0.25) is 0 Å². The average Bonchev–Trinajstić information content (AvgIpc) is 2.83. The first-order valence-corrected chi connectivity index (χ1v) is 8.98. The molecule has 126 valence electrons. The number of benzene rings is 1. The minimum Gasteiger partial charge on any atom is -0.341 e. The van der Waals surface area contributed by atoms with Crippen molar-refractivity contribution in [2.75, 3.05) is 26.2 Å². The maximum atomic E-state index is 13.0. The molecule has 4 heteroatoms. The van der Waals surface area contributed by atoms with Gasteiger partial charge in [-0.3, -0.25) is 9.69 Å². The van der Waals surface area contributed by atoms with Crippen molar-refractivity contribution in [3.63, 3.8) is 0 Å². The Morgan fingerprint density at radius 1 is 0.957 bits per heavy atom. The second-order valence-electron chi connectivity index (χ2n) is 6.92. The third-order valence-corrected chi connectivity index (χ3v) is 5.17. The normalized spacial score (nSPS) is 21.2. The fraction of sp³-hybridized carbons (Fsp3) is 0.632. The van der Waals surface area contributed by atoms with Gasteiger partial charge in [0.15, 0.2) is 0 Å². The van der Waals surface area contributed by atoms with Crippen LogP contribution in [0.5, 0.6) is 0 Å². The van der Waals surface area contributed by atoms with Crippen LogP contribution < -0.4 is 0 Å². The maximum absolute atomic E-state index is 13.0. The van der Waals surface area contributed by atoms with Crippen LogP contribution in [-0.4, -0.2) is 41.9 Å². The van der Waals surface area contributed by atoms with Crippen LogP contribution in [0, 0.1) is 11.7 Å². The monoisotopic (exact) mass is 318 g/mol. The van der Waals surface area contributed by atoms with Crippen molar-refractivity contribution in [2.45, 2.75) is 45.1 Å². The summed E-state index contributed by atoms with van der Waals surface area (Å²) in [6.07, 6.45) is 6.89. The molecule has 0 N–H and O–H groups in total. The molecule has 1 aliphatic carbocycles. The highest BCUT2D eigenvalue weighted by molar-refractivity contribution is 5.79. The zero-order valence-electron chi connectivity index (χ0n) is 13.8. The van der Waals surface area contributed by atoms with Crippen molar-refractivity contribution in [2.24, 2.45) is 5.92 Å². The molecule has 0 spiro atoms. The summed E-state index contributed by atoms with van der Waals surface area (Å²) in [6.45, 7) is 4.47. The van der Waals surface area contributed by atoms with E-state index in [1.807, 2.05) is 12.1 Å². The SMILES string of the molecule is O=C(C1CCCCC1)N1CCCN(Cc2ccc(F)cc2)CC1. The molecule has 2 fully saturated rings. The molecule has 1 saturated carbocycles. The fourth-order valence-corrected chi connectivity index (χ4v) is 3.81. The summed E-state index contributed by atoms with van der Waals surface area (Å²) in [5.74, 6) is 0.467. The first-order chi connectivity index (χ1) is 11.2. The number of halogens is 1. The highest BCUT2D eigenvalue weighted by atomic mass is 19.1. The molecule has 1 saturated heterocycles. The fourth-order valence-electron chi connectivity index (χ4n) is 3.81. The molecular formula is C19H27FN2O. The third-order valence-electron chi connectivity index (χ3n) is 5.17. The minimum absolute atomic E-state index is 0.186. The first-order valence-electron chi connectivity index (χ1n) is 8.98. The Morgan fingerprint density at radius 2 is 1.70 bits per heavy atom. The Morgan fingerprint density at radius 3 is 2.43 bits per heavy atom. The average molecular weight is 318 g/mol. The van der Waals surface area contributed by atoms with Crippen molar-refractivity contribution in [3.05, 3.63) is 35.6 Å². The molecule has 1 heterocycles. The van der Waals surface area contributed by atoms with E-state index in [0.29, 0.717) is 5.91 Å². The van der Waals surface area contributed by atoms with E-state index in [2.05, 4.69) is 9.80 Å². The summed E-state index contributed by atoms with van der Waals surface area (Å²) < 4.78 is 13.0. The van der Waals surface area contributed by atoms with Crippen LogP contribution in [0.3, 0.4) is 0 Å². The lowest BCUT2D eigenvalue weighted by Gasteiger charge is -2.28. The van der Waals surface area contributed by atoms with E-state index in [1.54, 1.807) is 0 Å². The lowest BCUT2D eigenvalue weighted by Crippen LogP contribution is -2.39. The van der Waals surface area contributed by atoms with Gasteiger partial charge in [-0.2, -0.15) is 0 Å². The van der Waals surface area contributed by atoms with E-state index in [9.17, 15) is 9.18 Å². The lowest BCUT2D eigenvalue weighted by molar-refractivity contribution is -0.136. The van der Waals surface area contributed by atoms with Gasteiger partial charge in [-0.25, -0.2) is 4.39 Å². The smallest absolute Gasteiger partial charge is 0.225 e. The third kappa shape index (κ3) is 4.54. The zero-order chi connectivity index (χ0) is 16.1. The van der Waals surface area contributed by atoms with E-state index >= 15 is 0 Å². The van der Waals surface area contributed by atoms with Crippen LogP contribution in [0.25, 0.3) is 0 Å². The Bertz CT molecular complexity index is 511. The molecule has 1 aromatic rings. The van der Waals surface area contributed by atoms with Crippen LogP contribution in [-0.2, 0) is 11.3 Å². The molecule has 1 aliphatic heterocycles. The molecule has 2 aliphatic rings. The van der Waals surface area contributed by atoms with E-state index in [1.165, 1.54) is 31.4 Å². The highest BCUT2D eigenvalue weighted by Crippen LogP contribution is 2.26. The van der Waals surface area contributed by atoms with Gasteiger partial charge in [-0.15, -0.1) is 0 Å². The Hall–Kier alpha value is -1.42. The van der Waals surface area contributed by atoms with Gasteiger partial charge in [0, 0.05) is 38.6 Å². The van der Waals surface area contributed by atoms with Crippen LogP contribution in [0.1, 0.15) is 44.1 Å². The number of nitrogens with zero attached hydrogens (tertiary/aromatic N) is 2. The number of hydrogen-bond donors (Lipinski definition) is 0. The molecule has 1 aromatic carbocycles. The Balaban J connectivity index is 1.52. The standard InChI is InChI=1S/C19H27FN2O/c20-18-9-7-16(8-10-18)15-21-11-4-12-22(14-13-21)19(23)17-5-2-1-3-6-17/h7-10,17H,1-6,11-15H2. The summed E-state index contributed by atoms with van der Waals surface area (Å²) in [6, 6.07) is 6.74. The van der Waals surface area contributed by atoms with E-state index < -0.39 is 0 Å². The molecule has 23 heavy (non-hydrogen) atoms. The van der Waals surface area contributed by atoms with Gasteiger partial charge in [0.05, 0.1) is 0 Å². The van der Waals surface area contributed by atoms with Crippen molar-refractivity contribution in [1.29, 1.82) is 0 Å². The lowest BCUT2D eigenvalue weighted by atomic mass is 9.88. The minimum atomic E-state index is -0.186. The molecule has 3 nitrogen and oxygen atoms in total. The summed E-state index contributed by atoms with van der Waals surface area (Å²) in [5.41, 5.74) is 1.14. The summed E-state index contributed by atoms with van der Waals surface area (Å²) in [5, 5.41) is 0. The number of carbonyl (C=O) groups is 1. The summed E-state index contributed by atoms with van der Waals surface area (Å²) in [7, 11) is 0. The summed E-state index contributed by atoms with van der Waals surface area (Å²) >= 11 is 0. The van der Waals surface area contributed by atoms with Crippen molar-refractivity contribution < 1.29 is 9.18 Å².